The molecule has 1 atom stereocenters. The van der Waals surface area contributed by atoms with Crippen LogP contribution in [0.25, 0.3) is 0 Å². The number of anilines is 1. The first-order chi connectivity index (χ1) is 15.4. The molecule has 32 heavy (non-hydrogen) atoms. The molecular weight excluding hydrogens is 424 g/mol. The van der Waals surface area contributed by atoms with Crippen LogP contribution >= 0.6 is 11.3 Å². The van der Waals surface area contributed by atoms with Gasteiger partial charge in [-0.05, 0) is 61.2 Å². The van der Waals surface area contributed by atoms with E-state index in [1.165, 1.54) is 11.3 Å². The van der Waals surface area contributed by atoms with E-state index in [9.17, 15) is 9.59 Å². The van der Waals surface area contributed by atoms with Crippen molar-refractivity contribution in [2.75, 3.05) is 12.8 Å². The molecule has 0 bridgehead atoms. The molecule has 0 spiro atoms. The van der Waals surface area contributed by atoms with Crippen LogP contribution in [0.4, 0.5) is 5.13 Å². The van der Waals surface area contributed by atoms with E-state index in [2.05, 4.69) is 15.6 Å². The number of benzene rings is 2. The standard InChI is InChI=1S/C24H26N4O3S/c1-14-10-17(6-9-20(14)31-2)22(29)26-13-15-4-3-5-16(11-15)23(30)27-18-7-8-19-21(12-18)32-24(25)28-19/h3-6,9-11,18H,7-8,12-13H2,1-2H3,(H2,25,28)(H,26,29)(H,27,30). The number of carbonyl (C=O) groups is 2. The zero-order valence-electron chi connectivity index (χ0n) is 18.1. The summed E-state index contributed by atoms with van der Waals surface area (Å²) in [5.74, 6) is 0.454. The number of rotatable bonds is 6. The molecule has 2 aromatic carbocycles. The molecule has 4 rings (SSSR count). The van der Waals surface area contributed by atoms with Gasteiger partial charge < -0.3 is 21.1 Å². The second kappa shape index (κ2) is 9.40. The fourth-order valence-corrected chi connectivity index (χ4v) is 4.87. The van der Waals surface area contributed by atoms with Crippen LogP contribution in [-0.4, -0.2) is 29.9 Å². The van der Waals surface area contributed by atoms with Crippen molar-refractivity contribution in [1.29, 1.82) is 0 Å². The minimum Gasteiger partial charge on any atom is -0.496 e. The van der Waals surface area contributed by atoms with Crippen molar-refractivity contribution >= 4 is 28.3 Å². The number of nitrogens with zero attached hydrogens (tertiary/aromatic N) is 1. The molecule has 7 nitrogen and oxygen atoms in total. The largest absolute Gasteiger partial charge is 0.496 e. The Labute approximate surface area is 191 Å². The van der Waals surface area contributed by atoms with Gasteiger partial charge >= 0.3 is 0 Å². The van der Waals surface area contributed by atoms with Crippen molar-refractivity contribution < 1.29 is 14.3 Å². The van der Waals surface area contributed by atoms with E-state index in [0.29, 0.717) is 22.8 Å². The number of amides is 2. The van der Waals surface area contributed by atoms with E-state index < -0.39 is 0 Å². The van der Waals surface area contributed by atoms with E-state index in [4.69, 9.17) is 10.5 Å². The van der Waals surface area contributed by atoms with Gasteiger partial charge in [0.05, 0.1) is 12.8 Å². The van der Waals surface area contributed by atoms with Gasteiger partial charge in [0, 0.05) is 35.0 Å². The normalized spacial score (nSPS) is 15.0. The van der Waals surface area contributed by atoms with Crippen molar-refractivity contribution in [2.45, 2.75) is 38.8 Å². The van der Waals surface area contributed by atoms with Crippen LogP contribution in [-0.2, 0) is 19.4 Å². The van der Waals surface area contributed by atoms with Crippen LogP contribution in [0.1, 0.15) is 48.8 Å². The van der Waals surface area contributed by atoms with Crippen molar-refractivity contribution in [3.8, 4) is 5.75 Å². The Morgan fingerprint density at radius 1 is 1.19 bits per heavy atom. The number of nitrogen functional groups attached to an aromatic ring is 1. The molecule has 3 aromatic rings. The van der Waals surface area contributed by atoms with Crippen LogP contribution in [0.2, 0.25) is 0 Å². The first-order valence-electron chi connectivity index (χ1n) is 10.5. The first kappa shape index (κ1) is 21.8. The maximum atomic E-state index is 12.8. The van der Waals surface area contributed by atoms with Crippen molar-refractivity contribution in [2.24, 2.45) is 0 Å². The molecule has 1 heterocycles. The summed E-state index contributed by atoms with van der Waals surface area (Å²) in [5, 5.41) is 6.62. The molecule has 2 amide bonds. The molecule has 0 aliphatic heterocycles. The van der Waals surface area contributed by atoms with Crippen LogP contribution in [0.5, 0.6) is 5.75 Å². The minimum atomic E-state index is -0.174. The lowest BCUT2D eigenvalue weighted by atomic mass is 9.97. The number of aryl methyl sites for hydroxylation is 2. The third-order valence-electron chi connectivity index (χ3n) is 5.59. The van der Waals surface area contributed by atoms with Crippen molar-refractivity contribution in [1.82, 2.24) is 15.6 Å². The van der Waals surface area contributed by atoms with Gasteiger partial charge in [-0.1, -0.05) is 12.1 Å². The van der Waals surface area contributed by atoms with Gasteiger partial charge in [0.1, 0.15) is 5.75 Å². The number of fused-ring (bicyclic) bond motifs is 1. The molecule has 1 aliphatic rings. The summed E-state index contributed by atoms with van der Waals surface area (Å²) in [7, 11) is 1.60. The number of aromatic nitrogens is 1. The molecule has 0 saturated heterocycles. The summed E-state index contributed by atoms with van der Waals surface area (Å²) >= 11 is 1.50. The number of hydrogen-bond donors (Lipinski definition) is 3. The molecule has 0 saturated carbocycles. The molecule has 1 aromatic heterocycles. The van der Waals surface area contributed by atoms with E-state index in [0.717, 1.165) is 46.7 Å². The summed E-state index contributed by atoms with van der Waals surface area (Å²) < 4.78 is 5.24. The molecule has 4 N–H and O–H groups in total. The summed E-state index contributed by atoms with van der Waals surface area (Å²) in [5.41, 5.74) is 9.76. The Morgan fingerprint density at radius 3 is 2.78 bits per heavy atom. The van der Waals surface area contributed by atoms with Crippen molar-refractivity contribution in [3.63, 3.8) is 0 Å². The topological polar surface area (TPSA) is 106 Å². The minimum absolute atomic E-state index is 0.0662. The number of hydrogen-bond acceptors (Lipinski definition) is 6. The highest BCUT2D eigenvalue weighted by Gasteiger charge is 2.23. The third-order valence-corrected chi connectivity index (χ3v) is 6.54. The highest BCUT2D eigenvalue weighted by Crippen LogP contribution is 2.28. The van der Waals surface area contributed by atoms with Gasteiger partial charge in [0.25, 0.3) is 11.8 Å². The van der Waals surface area contributed by atoms with Gasteiger partial charge in [-0.3, -0.25) is 9.59 Å². The second-order valence-electron chi connectivity index (χ2n) is 7.90. The number of carbonyl (C=O) groups excluding carboxylic acids is 2. The zero-order chi connectivity index (χ0) is 22.7. The average molecular weight is 451 g/mol. The van der Waals surface area contributed by atoms with Gasteiger partial charge in [-0.2, -0.15) is 0 Å². The second-order valence-corrected chi connectivity index (χ2v) is 9.02. The molecule has 0 fully saturated rings. The molecule has 166 valence electrons. The van der Waals surface area contributed by atoms with E-state index in [1.807, 2.05) is 25.1 Å². The average Bonchev–Trinajstić information content (AvgIpc) is 3.16. The predicted molar refractivity (Wildman–Crippen MR) is 125 cm³/mol. The third kappa shape index (κ3) is 4.91. The zero-order valence-corrected chi connectivity index (χ0v) is 18.9. The van der Waals surface area contributed by atoms with Crippen LogP contribution < -0.4 is 21.1 Å². The lowest BCUT2D eigenvalue weighted by molar-refractivity contribution is 0.0931. The number of nitrogens with two attached hydrogens (primary N) is 1. The van der Waals surface area contributed by atoms with E-state index in [-0.39, 0.29) is 17.9 Å². The lowest BCUT2D eigenvalue weighted by Crippen LogP contribution is -2.38. The summed E-state index contributed by atoms with van der Waals surface area (Å²) in [6.45, 7) is 2.23. The summed E-state index contributed by atoms with van der Waals surface area (Å²) in [6, 6.07) is 12.7. The highest BCUT2D eigenvalue weighted by molar-refractivity contribution is 7.15. The predicted octanol–water partition coefficient (Wildman–Crippen LogP) is 3.26. The maximum absolute atomic E-state index is 12.8. The number of ether oxygens (including phenoxy) is 1. The van der Waals surface area contributed by atoms with Gasteiger partial charge in [-0.15, -0.1) is 11.3 Å². The highest BCUT2D eigenvalue weighted by atomic mass is 32.1. The Balaban J connectivity index is 1.35. The van der Waals surface area contributed by atoms with E-state index in [1.54, 1.807) is 31.4 Å². The van der Waals surface area contributed by atoms with Crippen molar-refractivity contribution in [3.05, 3.63) is 75.3 Å². The number of thiazole rings is 1. The fourth-order valence-electron chi connectivity index (χ4n) is 3.91. The van der Waals surface area contributed by atoms with Crippen LogP contribution in [0.3, 0.4) is 0 Å². The van der Waals surface area contributed by atoms with Crippen LogP contribution in [0.15, 0.2) is 42.5 Å². The Hall–Kier alpha value is -3.39. The summed E-state index contributed by atoms with van der Waals surface area (Å²) in [4.78, 5) is 30.8. The quantitative estimate of drug-likeness (QED) is 0.534. The van der Waals surface area contributed by atoms with E-state index >= 15 is 0 Å². The molecular formula is C24H26N4O3S. The SMILES string of the molecule is COc1ccc(C(=O)NCc2cccc(C(=O)NC3CCc4nc(N)sc4C3)c2)cc1C. The smallest absolute Gasteiger partial charge is 0.251 e. The Bertz CT molecular complexity index is 1160. The number of methoxy groups -OCH3 is 1. The lowest BCUT2D eigenvalue weighted by Gasteiger charge is -2.22. The monoisotopic (exact) mass is 450 g/mol. The fraction of sp³-hybridized carbons (Fsp3) is 0.292. The van der Waals surface area contributed by atoms with Crippen LogP contribution in [0, 0.1) is 6.92 Å². The Morgan fingerprint density at radius 2 is 2.00 bits per heavy atom. The molecule has 8 heteroatoms. The van der Waals surface area contributed by atoms with Gasteiger partial charge in [0.15, 0.2) is 5.13 Å². The molecule has 1 aliphatic carbocycles. The van der Waals surface area contributed by atoms with Gasteiger partial charge in [-0.25, -0.2) is 4.98 Å². The summed E-state index contributed by atoms with van der Waals surface area (Å²) in [6.07, 6.45) is 2.43. The number of nitrogens with one attached hydrogen (secondary N) is 2. The maximum Gasteiger partial charge on any atom is 0.251 e. The molecule has 0 radical (unpaired) electrons. The Kier molecular flexibility index (Phi) is 6.41. The first-order valence-corrected chi connectivity index (χ1v) is 11.3. The molecule has 1 unspecified atom stereocenters. The van der Waals surface area contributed by atoms with Gasteiger partial charge in [0.2, 0.25) is 0 Å².